The number of hydrogen-bond donors (Lipinski definition) is 5. The molecule has 69 heavy (non-hydrogen) atoms. The SMILES string of the molecule is CCC(C)(C)C(=O)Nc1ccc(O)cc1.CCC(C)(C)C(=O)OC(C)(C)C(O)(C(F)(F)F)C(F)(F)F.CCC(C)(C)C(=O)OC(C)(C)C(O)(C(F)(F)F)C(F)(F)F.CCC(C)(C)c1ccc(O)cc1. The van der Waals surface area contributed by atoms with Crippen molar-refractivity contribution < 1.29 is 97.0 Å². The van der Waals surface area contributed by atoms with Gasteiger partial charge in [-0.3, -0.25) is 14.4 Å². The second kappa shape index (κ2) is 23.2. The molecule has 0 bridgehead atoms. The van der Waals surface area contributed by atoms with Gasteiger partial charge in [-0.25, -0.2) is 0 Å². The van der Waals surface area contributed by atoms with Crippen molar-refractivity contribution in [2.24, 2.45) is 16.2 Å². The highest BCUT2D eigenvalue weighted by molar-refractivity contribution is 5.94. The summed E-state index contributed by atoms with van der Waals surface area (Å²) >= 11 is 0. The van der Waals surface area contributed by atoms with Crippen molar-refractivity contribution in [1.29, 1.82) is 0 Å². The van der Waals surface area contributed by atoms with E-state index in [0.29, 0.717) is 39.1 Å². The van der Waals surface area contributed by atoms with Gasteiger partial charge >= 0.3 is 36.6 Å². The maximum atomic E-state index is 12.8. The number of phenolic OH excluding ortho intramolecular Hbond substituents is 2. The molecule has 5 N–H and O–H groups in total. The molecule has 0 aliphatic carbocycles. The molecule has 0 heterocycles. The van der Waals surface area contributed by atoms with E-state index in [1.807, 2.05) is 32.9 Å². The number of benzene rings is 2. The smallest absolute Gasteiger partial charge is 0.430 e. The van der Waals surface area contributed by atoms with E-state index in [1.54, 1.807) is 36.4 Å². The number of esters is 2. The quantitative estimate of drug-likeness (QED) is 0.0747. The number of nitrogens with one attached hydrogen (secondary N) is 1. The number of alkyl halides is 12. The van der Waals surface area contributed by atoms with Crippen LogP contribution >= 0.6 is 0 Å². The number of carbonyl (C=O) groups excluding carboxylic acids is 3. The fourth-order valence-corrected chi connectivity index (χ4v) is 4.99. The summed E-state index contributed by atoms with van der Waals surface area (Å²) in [4.78, 5) is 35.3. The first-order valence-corrected chi connectivity index (χ1v) is 21.5. The van der Waals surface area contributed by atoms with Crippen LogP contribution in [0.4, 0.5) is 58.4 Å². The van der Waals surface area contributed by atoms with Gasteiger partial charge in [0.2, 0.25) is 5.91 Å². The molecule has 1 amide bonds. The van der Waals surface area contributed by atoms with Gasteiger partial charge in [-0.15, -0.1) is 0 Å². The number of halogens is 12. The van der Waals surface area contributed by atoms with Gasteiger partial charge in [0.05, 0.1) is 10.8 Å². The molecule has 0 saturated carbocycles. The number of carbonyl (C=O) groups is 3. The molecule has 2 aromatic rings. The molecule has 2 rings (SSSR count). The normalized spacial score (nSPS) is 13.6. The molecule has 0 saturated heterocycles. The zero-order valence-electron chi connectivity index (χ0n) is 41.8. The Labute approximate surface area is 396 Å². The highest BCUT2D eigenvalue weighted by Crippen LogP contribution is 2.52. The van der Waals surface area contributed by atoms with Crippen LogP contribution in [0.15, 0.2) is 48.5 Å². The average Bonchev–Trinajstić information content (AvgIpc) is 3.19. The lowest BCUT2D eigenvalue weighted by molar-refractivity contribution is -0.408. The summed E-state index contributed by atoms with van der Waals surface area (Å²) in [5.41, 5.74) is -17.6. The van der Waals surface area contributed by atoms with E-state index in [0.717, 1.165) is 12.8 Å². The highest BCUT2D eigenvalue weighted by Gasteiger charge is 2.80. The van der Waals surface area contributed by atoms with Gasteiger partial charge in [0.25, 0.3) is 11.2 Å². The molecule has 400 valence electrons. The molecule has 22 heteroatoms. The summed E-state index contributed by atoms with van der Waals surface area (Å²) in [5, 5.41) is 39.5. The summed E-state index contributed by atoms with van der Waals surface area (Å²) in [6.07, 6.45) is -22.1. The van der Waals surface area contributed by atoms with Crippen LogP contribution in [0.1, 0.15) is 142 Å². The first-order chi connectivity index (χ1) is 30.4. The first kappa shape index (κ1) is 66.6. The first-order valence-electron chi connectivity index (χ1n) is 21.5. The van der Waals surface area contributed by atoms with E-state index >= 15 is 0 Å². The van der Waals surface area contributed by atoms with E-state index < -0.39 is 69.9 Å². The van der Waals surface area contributed by atoms with Crippen molar-refractivity contribution >= 4 is 23.5 Å². The Morgan fingerprint density at radius 2 is 0.710 bits per heavy atom. The van der Waals surface area contributed by atoms with E-state index in [4.69, 9.17) is 10.2 Å². The minimum Gasteiger partial charge on any atom is -0.508 e. The van der Waals surface area contributed by atoms with Crippen LogP contribution in [0, 0.1) is 16.2 Å². The van der Waals surface area contributed by atoms with E-state index in [-0.39, 0.29) is 35.3 Å². The number of rotatable bonds is 13. The molecular formula is C47H69F12NO9. The van der Waals surface area contributed by atoms with Crippen LogP contribution in [0.5, 0.6) is 11.5 Å². The largest absolute Gasteiger partial charge is 0.508 e. The lowest BCUT2D eigenvalue weighted by Gasteiger charge is -2.44. The van der Waals surface area contributed by atoms with Crippen molar-refractivity contribution in [2.45, 2.75) is 189 Å². The standard InChI is InChI=1S/2C12H18F6O3.C12H17NO2.C11H16O/c2*1-6-8(2,3)7(19)21-9(4,5)10(20,11(13,14)15)12(16,17)18;1-4-12(2,3)11(15)13-9-5-7-10(14)8-6-9;1-4-11(2,3)9-5-7-10(12)8-6-9/h2*20H,6H2,1-5H3;5-8,14H,4H2,1-3H3,(H,13,15);5-8,12H,4H2,1-3H3. The fourth-order valence-electron chi connectivity index (χ4n) is 4.99. The zero-order chi connectivity index (χ0) is 55.6. The Balaban J connectivity index is 0. The average molecular weight is 1020 g/mol. The van der Waals surface area contributed by atoms with Crippen LogP contribution in [0.2, 0.25) is 0 Å². The third kappa shape index (κ3) is 16.8. The molecule has 0 aliphatic heterocycles. The Bertz CT molecular complexity index is 1840. The number of phenols is 2. The van der Waals surface area contributed by atoms with Gasteiger partial charge in [-0.1, -0.05) is 67.5 Å². The maximum absolute atomic E-state index is 12.8. The Hall–Kier alpha value is -4.47. The van der Waals surface area contributed by atoms with Gasteiger partial charge in [0, 0.05) is 11.1 Å². The summed E-state index contributed by atoms with van der Waals surface area (Å²) in [6.45, 7) is 22.2. The third-order valence-corrected chi connectivity index (χ3v) is 12.1. The molecule has 0 spiro atoms. The summed E-state index contributed by atoms with van der Waals surface area (Å²) < 4.78 is 162. The van der Waals surface area contributed by atoms with Crippen LogP contribution in [-0.4, -0.2) is 85.4 Å². The number of hydrogen-bond acceptors (Lipinski definition) is 9. The molecule has 0 atom stereocenters. The van der Waals surface area contributed by atoms with Crippen LogP contribution in [0.3, 0.4) is 0 Å². The van der Waals surface area contributed by atoms with Gasteiger partial charge in [0.15, 0.2) is 11.2 Å². The molecule has 0 aromatic heterocycles. The lowest BCUT2D eigenvalue weighted by atomic mass is 9.82. The third-order valence-electron chi connectivity index (χ3n) is 12.1. The molecule has 0 fully saturated rings. The minimum atomic E-state index is -6.06. The van der Waals surface area contributed by atoms with Crippen LogP contribution in [-0.2, 0) is 29.3 Å². The number of amides is 1. The van der Waals surface area contributed by atoms with Crippen LogP contribution < -0.4 is 5.32 Å². The summed E-state index contributed by atoms with van der Waals surface area (Å²) in [6, 6.07) is 13.9. The van der Waals surface area contributed by atoms with Gasteiger partial charge in [0.1, 0.15) is 11.5 Å². The number of ether oxygens (including phenoxy) is 2. The van der Waals surface area contributed by atoms with Crippen molar-refractivity contribution in [3.05, 3.63) is 54.1 Å². The monoisotopic (exact) mass is 1020 g/mol. The predicted molar refractivity (Wildman–Crippen MR) is 235 cm³/mol. The van der Waals surface area contributed by atoms with E-state index in [9.17, 15) is 77.3 Å². The number of aliphatic hydroxyl groups is 2. The maximum Gasteiger partial charge on any atom is 0.430 e. The summed E-state index contributed by atoms with van der Waals surface area (Å²) in [5.74, 6) is -1.99. The molecule has 0 radical (unpaired) electrons. The topological polar surface area (TPSA) is 163 Å². The minimum absolute atomic E-state index is 0.00399. The number of aromatic hydroxyl groups is 2. The van der Waals surface area contributed by atoms with Gasteiger partial charge < -0.3 is 35.2 Å². The Kier molecular flexibility index (Phi) is 22.4. The second-order valence-electron chi connectivity index (χ2n) is 19.7. The lowest BCUT2D eigenvalue weighted by Crippen LogP contribution is -2.70. The van der Waals surface area contributed by atoms with E-state index in [1.165, 1.54) is 47.1 Å². The molecular weight excluding hydrogens is 950 g/mol. The molecule has 10 nitrogen and oxygen atoms in total. The molecule has 0 unspecified atom stereocenters. The van der Waals surface area contributed by atoms with Gasteiger partial charge in [-0.2, -0.15) is 52.7 Å². The van der Waals surface area contributed by atoms with Crippen molar-refractivity contribution in [3.63, 3.8) is 0 Å². The number of anilines is 1. The zero-order valence-corrected chi connectivity index (χ0v) is 41.8. The van der Waals surface area contributed by atoms with Crippen molar-refractivity contribution in [2.75, 3.05) is 5.32 Å². The van der Waals surface area contributed by atoms with Gasteiger partial charge in [-0.05, 0) is 128 Å². The Morgan fingerprint density at radius 3 is 0.942 bits per heavy atom. The molecule has 2 aromatic carbocycles. The highest BCUT2D eigenvalue weighted by atomic mass is 19.4. The Morgan fingerprint density at radius 1 is 0.449 bits per heavy atom. The fraction of sp³-hybridized carbons (Fsp3) is 0.681. The summed E-state index contributed by atoms with van der Waals surface area (Å²) in [7, 11) is 0. The van der Waals surface area contributed by atoms with Crippen molar-refractivity contribution in [3.8, 4) is 11.5 Å². The van der Waals surface area contributed by atoms with Crippen molar-refractivity contribution in [1.82, 2.24) is 0 Å². The molecule has 0 aliphatic rings. The van der Waals surface area contributed by atoms with E-state index in [2.05, 4.69) is 35.6 Å². The second-order valence-corrected chi connectivity index (χ2v) is 19.7. The predicted octanol–water partition coefficient (Wildman–Crippen LogP) is 13.0. The van der Waals surface area contributed by atoms with Crippen LogP contribution in [0.25, 0.3) is 0 Å².